The van der Waals surface area contributed by atoms with Gasteiger partial charge in [-0.15, -0.1) is 0 Å². The molecule has 0 fully saturated rings. The lowest BCUT2D eigenvalue weighted by molar-refractivity contribution is -0.251. The van der Waals surface area contributed by atoms with Gasteiger partial charge in [0.1, 0.15) is 6.61 Å². The van der Waals surface area contributed by atoms with Crippen LogP contribution in [0, 0.1) is 0 Å². The van der Waals surface area contributed by atoms with E-state index in [1.54, 1.807) is 30.3 Å². The van der Waals surface area contributed by atoms with E-state index in [0.29, 0.717) is 0 Å². The molecule has 0 atom stereocenters. The lowest BCUT2D eigenvalue weighted by Crippen LogP contribution is -2.15. The van der Waals surface area contributed by atoms with Crippen LogP contribution in [0.1, 0.15) is 21.5 Å². The Hall–Kier alpha value is -2.34. The van der Waals surface area contributed by atoms with Gasteiger partial charge in [-0.05, 0) is 17.7 Å². The summed E-state index contributed by atoms with van der Waals surface area (Å²) >= 11 is 0. The molecule has 0 heterocycles. The molecule has 0 aliphatic rings. The van der Waals surface area contributed by atoms with E-state index in [9.17, 15) is 18.0 Å². The Labute approximate surface area is 118 Å². The van der Waals surface area contributed by atoms with Gasteiger partial charge in [0.2, 0.25) is 0 Å². The second-order valence-corrected chi connectivity index (χ2v) is 4.16. The van der Waals surface area contributed by atoms with Crippen molar-refractivity contribution >= 4 is 5.97 Å². The summed E-state index contributed by atoms with van der Waals surface area (Å²) in [6, 6.07) is 13.2. The Kier molecular flexibility index (Phi) is 4.59. The second-order valence-electron chi connectivity index (χ2n) is 4.16. The summed E-state index contributed by atoms with van der Waals surface area (Å²) in [5, 5.41) is 0. The van der Waals surface area contributed by atoms with Gasteiger partial charge in [0.15, 0.2) is 0 Å². The summed E-state index contributed by atoms with van der Waals surface area (Å²) < 4.78 is 38.2. The minimum atomic E-state index is -4.63. The predicted molar refractivity (Wildman–Crippen MR) is 68.1 cm³/mol. The number of carbonyl (C=O) groups is 1. The molecule has 0 bridgehead atoms. The average molecular weight is 296 g/mol. The van der Waals surface area contributed by atoms with Crippen molar-refractivity contribution < 1.29 is 27.7 Å². The normalized spacial score (nSPS) is 11.2. The van der Waals surface area contributed by atoms with Crippen molar-refractivity contribution in [2.45, 2.75) is 12.8 Å². The highest BCUT2D eigenvalue weighted by molar-refractivity contribution is 5.90. The maximum Gasteiger partial charge on any atom is 0.417 e. The standard InChI is InChI=1S/C15H11F3O3/c16-15(17,18)13-9-5-4-8-12(13)14(19)21-20-10-11-6-2-1-3-7-11/h1-9H,10H2. The van der Waals surface area contributed by atoms with Crippen LogP contribution < -0.4 is 0 Å². The molecule has 110 valence electrons. The average Bonchev–Trinajstić information content (AvgIpc) is 2.47. The molecule has 2 aromatic rings. The topological polar surface area (TPSA) is 35.5 Å². The van der Waals surface area contributed by atoms with Gasteiger partial charge in [0, 0.05) is 0 Å². The van der Waals surface area contributed by atoms with Gasteiger partial charge in [0.25, 0.3) is 0 Å². The smallest absolute Gasteiger partial charge is 0.292 e. The molecule has 0 unspecified atom stereocenters. The van der Waals surface area contributed by atoms with Crippen LogP contribution in [0.5, 0.6) is 0 Å². The highest BCUT2D eigenvalue weighted by atomic mass is 19.4. The molecule has 2 rings (SSSR count). The Balaban J connectivity index is 2.01. The first-order valence-corrected chi connectivity index (χ1v) is 6.02. The molecule has 0 saturated heterocycles. The summed E-state index contributed by atoms with van der Waals surface area (Å²) in [6.07, 6.45) is -4.63. The fraction of sp³-hybridized carbons (Fsp3) is 0.133. The third kappa shape index (κ3) is 4.06. The number of halogens is 3. The molecule has 0 aliphatic carbocycles. The summed E-state index contributed by atoms with van der Waals surface area (Å²) in [4.78, 5) is 20.8. The molecule has 21 heavy (non-hydrogen) atoms. The SMILES string of the molecule is O=C(OOCc1ccccc1)c1ccccc1C(F)(F)F. The highest BCUT2D eigenvalue weighted by Gasteiger charge is 2.35. The minimum absolute atomic E-state index is 0.0409. The zero-order chi connectivity index (χ0) is 15.3. The Bertz CT molecular complexity index is 609. The van der Waals surface area contributed by atoms with Crippen LogP contribution in [-0.2, 0) is 22.6 Å². The van der Waals surface area contributed by atoms with Crippen molar-refractivity contribution in [2.75, 3.05) is 0 Å². The molecule has 0 aromatic heterocycles. The number of carbonyl (C=O) groups excluding carboxylic acids is 1. The van der Waals surface area contributed by atoms with E-state index >= 15 is 0 Å². The molecule has 0 aliphatic heterocycles. The van der Waals surface area contributed by atoms with E-state index in [1.165, 1.54) is 12.1 Å². The Morgan fingerprint density at radius 1 is 0.952 bits per heavy atom. The first kappa shape index (κ1) is 15.1. The molecule has 3 nitrogen and oxygen atoms in total. The molecule has 0 spiro atoms. The molecule has 0 N–H and O–H groups in total. The van der Waals surface area contributed by atoms with Crippen molar-refractivity contribution in [1.29, 1.82) is 0 Å². The quantitative estimate of drug-likeness (QED) is 0.632. The molecular weight excluding hydrogens is 285 g/mol. The highest BCUT2D eigenvalue weighted by Crippen LogP contribution is 2.32. The van der Waals surface area contributed by atoms with Gasteiger partial charge in [0.05, 0.1) is 11.1 Å². The molecule has 0 amide bonds. The minimum Gasteiger partial charge on any atom is -0.292 e. The summed E-state index contributed by atoms with van der Waals surface area (Å²) in [6.45, 7) is -0.0409. The van der Waals surface area contributed by atoms with Crippen LogP contribution in [-0.4, -0.2) is 5.97 Å². The number of alkyl halides is 3. The third-order valence-electron chi connectivity index (χ3n) is 2.66. The predicted octanol–water partition coefficient (Wildman–Crippen LogP) is 3.99. The van der Waals surface area contributed by atoms with Gasteiger partial charge >= 0.3 is 12.1 Å². The van der Waals surface area contributed by atoms with Crippen LogP contribution in [0.25, 0.3) is 0 Å². The number of benzene rings is 2. The van der Waals surface area contributed by atoms with E-state index in [-0.39, 0.29) is 6.61 Å². The van der Waals surface area contributed by atoms with E-state index in [0.717, 1.165) is 17.7 Å². The van der Waals surface area contributed by atoms with Gasteiger partial charge in [-0.3, -0.25) is 4.89 Å². The lowest BCUT2D eigenvalue weighted by atomic mass is 10.1. The third-order valence-corrected chi connectivity index (χ3v) is 2.66. The molecule has 0 saturated carbocycles. The van der Waals surface area contributed by atoms with Gasteiger partial charge in [-0.1, -0.05) is 42.5 Å². The fourth-order valence-corrected chi connectivity index (χ4v) is 1.68. The lowest BCUT2D eigenvalue weighted by Gasteiger charge is -2.11. The van der Waals surface area contributed by atoms with Crippen molar-refractivity contribution in [1.82, 2.24) is 0 Å². The van der Waals surface area contributed by atoms with Gasteiger partial charge < -0.3 is 0 Å². The summed E-state index contributed by atoms with van der Waals surface area (Å²) in [5.41, 5.74) is -0.911. The van der Waals surface area contributed by atoms with E-state index < -0.39 is 23.3 Å². The van der Waals surface area contributed by atoms with E-state index in [4.69, 9.17) is 0 Å². The second kappa shape index (κ2) is 6.41. The fourth-order valence-electron chi connectivity index (χ4n) is 1.68. The maximum absolute atomic E-state index is 12.7. The molecule has 6 heteroatoms. The zero-order valence-electron chi connectivity index (χ0n) is 10.8. The van der Waals surface area contributed by atoms with Crippen LogP contribution >= 0.6 is 0 Å². The van der Waals surface area contributed by atoms with E-state index in [1.807, 2.05) is 0 Å². The van der Waals surface area contributed by atoms with Crippen LogP contribution in [0.15, 0.2) is 54.6 Å². The number of rotatable bonds is 4. The largest absolute Gasteiger partial charge is 0.417 e. The van der Waals surface area contributed by atoms with Gasteiger partial charge in [-0.2, -0.15) is 18.1 Å². The first-order chi connectivity index (χ1) is 9.98. The first-order valence-electron chi connectivity index (χ1n) is 6.02. The zero-order valence-corrected chi connectivity index (χ0v) is 10.8. The van der Waals surface area contributed by atoms with Crippen LogP contribution in [0.4, 0.5) is 13.2 Å². The van der Waals surface area contributed by atoms with Crippen LogP contribution in [0.2, 0.25) is 0 Å². The molecule has 2 aromatic carbocycles. The van der Waals surface area contributed by atoms with Crippen molar-refractivity contribution in [2.24, 2.45) is 0 Å². The molecule has 0 radical (unpaired) electrons. The van der Waals surface area contributed by atoms with Crippen molar-refractivity contribution in [3.05, 3.63) is 71.3 Å². The van der Waals surface area contributed by atoms with E-state index in [2.05, 4.69) is 9.78 Å². The maximum atomic E-state index is 12.7. The Morgan fingerprint density at radius 3 is 2.24 bits per heavy atom. The van der Waals surface area contributed by atoms with Crippen molar-refractivity contribution in [3.8, 4) is 0 Å². The number of hydrogen-bond donors (Lipinski definition) is 0. The van der Waals surface area contributed by atoms with Crippen LogP contribution in [0.3, 0.4) is 0 Å². The summed E-state index contributed by atoms with van der Waals surface area (Å²) in [7, 11) is 0. The Morgan fingerprint density at radius 2 is 1.57 bits per heavy atom. The number of hydrogen-bond acceptors (Lipinski definition) is 3. The summed E-state index contributed by atoms with van der Waals surface area (Å²) in [5.74, 6) is -1.18. The monoisotopic (exact) mass is 296 g/mol. The van der Waals surface area contributed by atoms with Gasteiger partial charge in [-0.25, -0.2) is 4.79 Å². The molecular formula is C15H11F3O3. The van der Waals surface area contributed by atoms with Crippen molar-refractivity contribution in [3.63, 3.8) is 0 Å².